The van der Waals surface area contributed by atoms with Crippen LogP contribution >= 0.6 is 12.4 Å². The second kappa shape index (κ2) is 11.1. The highest BCUT2D eigenvalue weighted by Gasteiger charge is 2.11. The van der Waals surface area contributed by atoms with Gasteiger partial charge in [0.2, 0.25) is 0 Å². The van der Waals surface area contributed by atoms with Crippen molar-refractivity contribution in [1.29, 1.82) is 0 Å². The summed E-state index contributed by atoms with van der Waals surface area (Å²) in [5.41, 5.74) is 2.79. The minimum atomic E-state index is -0.355. The number of aromatic nitrogens is 2. The van der Waals surface area contributed by atoms with E-state index in [1.165, 1.54) is 6.33 Å². The molecule has 4 aromatic rings. The lowest BCUT2D eigenvalue weighted by atomic mass is 10.2. The number of benzene rings is 3. The SMILES string of the molecule is COc1cccc(NC(=O)Nc2ccc(Nc3ncnc4cc(OC)c(OC)cc34)cc2)c1.Cl. The van der Waals surface area contributed by atoms with Gasteiger partial charge in [-0.15, -0.1) is 12.4 Å². The zero-order valence-electron chi connectivity index (χ0n) is 18.8. The summed E-state index contributed by atoms with van der Waals surface area (Å²) < 4.78 is 15.9. The number of methoxy groups -OCH3 is 3. The molecule has 3 aromatic carbocycles. The topological polar surface area (TPSA) is 107 Å². The molecular weight excluding hydrogens is 458 g/mol. The van der Waals surface area contributed by atoms with Crippen molar-refractivity contribution in [1.82, 2.24) is 9.97 Å². The zero-order chi connectivity index (χ0) is 23.2. The lowest BCUT2D eigenvalue weighted by Crippen LogP contribution is -2.19. The van der Waals surface area contributed by atoms with Gasteiger partial charge in [-0.05, 0) is 42.5 Å². The molecule has 0 saturated carbocycles. The Kier molecular flexibility index (Phi) is 7.94. The van der Waals surface area contributed by atoms with Gasteiger partial charge in [0, 0.05) is 34.6 Å². The number of nitrogens with zero attached hydrogens (tertiary/aromatic N) is 2. The second-order valence-electron chi connectivity index (χ2n) is 6.96. The Morgan fingerprint density at radius 1 is 0.765 bits per heavy atom. The van der Waals surface area contributed by atoms with Crippen LogP contribution in [0, 0.1) is 0 Å². The molecule has 0 aliphatic heterocycles. The van der Waals surface area contributed by atoms with Crippen molar-refractivity contribution in [3.05, 3.63) is 67.0 Å². The maximum atomic E-state index is 12.3. The van der Waals surface area contributed by atoms with Gasteiger partial charge < -0.3 is 30.2 Å². The van der Waals surface area contributed by atoms with Gasteiger partial charge in [0.05, 0.1) is 26.8 Å². The quantitative estimate of drug-likeness (QED) is 0.321. The van der Waals surface area contributed by atoms with Crippen LogP contribution in [0.25, 0.3) is 10.9 Å². The van der Waals surface area contributed by atoms with Crippen LogP contribution in [0.5, 0.6) is 17.2 Å². The first kappa shape index (κ1) is 24.4. The number of halogens is 1. The number of hydrogen-bond donors (Lipinski definition) is 3. The number of amides is 2. The minimum absolute atomic E-state index is 0. The van der Waals surface area contributed by atoms with Crippen LogP contribution in [-0.2, 0) is 0 Å². The van der Waals surface area contributed by atoms with Gasteiger partial charge in [0.1, 0.15) is 17.9 Å². The first-order valence-corrected chi connectivity index (χ1v) is 10.1. The Balaban J connectivity index is 0.00000324. The maximum absolute atomic E-state index is 12.3. The van der Waals surface area contributed by atoms with Crippen molar-refractivity contribution < 1.29 is 19.0 Å². The van der Waals surface area contributed by atoms with Crippen LogP contribution in [0.2, 0.25) is 0 Å². The number of rotatable bonds is 7. The molecule has 0 fully saturated rings. The highest BCUT2D eigenvalue weighted by molar-refractivity contribution is 6.00. The number of nitrogens with one attached hydrogen (secondary N) is 3. The van der Waals surface area contributed by atoms with Crippen molar-refractivity contribution >= 4 is 52.2 Å². The summed E-state index contributed by atoms with van der Waals surface area (Å²) in [5, 5.41) is 9.64. The molecule has 0 bridgehead atoms. The Morgan fingerprint density at radius 2 is 1.44 bits per heavy atom. The monoisotopic (exact) mass is 481 g/mol. The van der Waals surface area contributed by atoms with Gasteiger partial charge in [-0.1, -0.05) is 6.07 Å². The van der Waals surface area contributed by atoms with E-state index in [2.05, 4.69) is 25.9 Å². The fourth-order valence-corrected chi connectivity index (χ4v) is 3.25. The molecule has 0 aliphatic rings. The van der Waals surface area contributed by atoms with Crippen molar-refractivity contribution in [2.24, 2.45) is 0 Å². The van der Waals surface area contributed by atoms with Crippen LogP contribution in [0.4, 0.5) is 27.7 Å². The summed E-state index contributed by atoms with van der Waals surface area (Å²) in [7, 11) is 4.74. The van der Waals surface area contributed by atoms with Crippen LogP contribution in [0.1, 0.15) is 0 Å². The van der Waals surface area contributed by atoms with Crippen LogP contribution < -0.4 is 30.2 Å². The molecule has 3 N–H and O–H groups in total. The molecule has 1 aromatic heterocycles. The Labute approximate surface area is 202 Å². The minimum Gasteiger partial charge on any atom is -0.497 e. The Bertz CT molecular complexity index is 1280. The van der Waals surface area contributed by atoms with E-state index >= 15 is 0 Å². The fraction of sp³-hybridized carbons (Fsp3) is 0.125. The van der Waals surface area contributed by atoms with E-state index in [9.17, 15) is 4.79 Å². The number of fused-ring (bicyclic) bond motifs is 1. The maximum Gasteiger partial charge on any atom is 0.323 e. The molecule has 0 unspecified atom stereocenters. The van der Waals surface area contributed by atoms with Gasteiger partial charge in [-0.25, -0.2) is 14.8 Å². The molecule has 0 aliphatic carbocycles. The predicted molar refractivity (Wildman–Crippen MR) is 135 cm³/mol. The molecule has 4 rings (SSSR count). The van der Waals surface area contributed by atoms with Crippen molar-refractivity contribution in [2.75, 3.05) is 37.3 Å². The number of ether oxygens (including phenoxy) is 3. The van der Waals surface area contributed by atoms with Crippen molar-refractivity contribution in [3.8, 4) is 17.2 Å². The van der Waals surface area contributed by atoms with Crippen LogP contribution in [0.3, 0.4) is 0 Å². The number of carbonyl (C=O) groups excluding carboxylic acids is 1. The molecule has 34 heavy (non-hydrogen) atoms. The van der Waals surface area contributed by atoms with E-state index in [1.807, 2.05) is 24.3 Å². The van der Waals surface area contributed by atoms with Crippen LogP contribution in [-0.4, -0.2) is 37.3 Å². The smallest absolute Gasteiger partial charge is 0.323 e. The average Bonchev–Trinajstić information content (AvgIpc) is 2.84. The standard InChI is InChI=1S/C24H23N5O4.ClH/c1-31-18-6-4-5-17(11-18)29-24(30)28-16-9-7-15(8-10-16)27-23-19-12-21(32-2)22(33-3)13-20(19)25-14-26-23;/h4-14H,1-3H3,(H,25,26,27)(H2,28,29,30);1H. The number of anilines is 4. The molecule has 0 saturated heterocycles. The predicted octanol–water partition coefficient (Wildman–Crippen LogP) is 5.47. The molecule has 0 spiro atoms. The van der Waals surface area contributed by atoms with Crippen molar-refractivity contribution in [3.63, 3.8) is 0 Å². The molecular formula is C24H24ClN5O4. The molecule has 0 radical (unpaired) electrons. The van der Waals surface area contributed by atoms with Gasteiger partial charge >= 0.3 is 6.03 Å². The normalized spacial score (nSPS) is 10.1. The van der Waals surface area contributed by atoms with E-state index in [1.54, 1.807) is 57.7 Å². The summed E-state index contributed by atoms with van der Waals surface area (Å²) in [6, 6.07) is 17.7. The highest BCUT2D eigenvalue weighted by atomic mass is 35.5. The third-order valence-corrected chi connectivity index (χ3v) is 4.87. The number of urea groups is 1. The molecule has 9 nitrogen and oxygen atoms in total. The summed E-state index contributed by atoms with van der Waals surface area (Å²) >= 11 is 0. The zero-order valence-corrected chi connectivity index (χ0v) is 19.6. The molecule has 0 atom stereocenters. The fourth-order valence-electron chi connectivity index (χ4n) is 3.25. The summed E-state index contributed by atoms with van der Waals surface area (Å²) in [6.07, 6.45) is 1.48. The Hall–Kier alpha value is -4.24. The van der Waals surface area contributed by atoms with Crippen LogP contribution in [0.15, 0.2) is 67.0 Å². The second-order valence-corrected chi connectivity index (χ2v) is 6.96. The van der Waals surface area contributed by atoms with Gasteiger partial charge in [0.15, 0.2) is 11.5 Å². The van der Waals surface area contributed by atoms with Gasteiger partial charge in [0.25, 0.3) is 0 Å². The molecule has 176 valence electrons. The third-order valence-electron chi connectivity index (χ3n) is 4.87. The summed E-state index contributed by atoms with van der Waals surface area (Å²) in [4.78, 5) is 21.0. The average molecular weight is 482 g/mol. The first-order chi connectivity index (χ1) is 16.1. The van der Waals surface area contributed by atoms with E-state index in [0.29, 0.717) is 34.4 Å². The molecule has 10 heteroatoms. The largest absolute Gasteiger partial charge is 0.497 e. The highest BCUT2D eigenvalue weighted by Crippen LogP contribution is 2.34. The summed E-state index contributed by atoms with van der Waals surface area (Å²) in [6.45, 7) is 0. The molecule has 2 amide bonds. The van der Waals surface area contributed by atoms with E-state index < -0.39 is 0 Å². The third kappa shape index (κ3) is 5.57. The van der Waals surface area contributed by atoms with E-state index in [-0.39, 0.29) is 18.4 Å². The number of hydrogen-bond acceptors (Lipinski definition) is 7. The van der Waals surface area contributed by atoms with E-state index in [0.717, 1.165) is 16.6 Å². The Morgan fingerprint density at radius 3 is 2.15 bits per heavy atom. The van der Waals surface area contributed by atoms with Gasteiger partial charge in [-0.2, -0.15) is 0 Å². The summed E-state index contributed by atoms with van der Waals surface area (Å²) in [5.74, 6) is 2.47. The first-order valence-electron chi connectivity index (χ1n) is 10.1. The van der Waals surface area contributed by atoms with E-state index in [4.69, 9.17) is 14.2 Å². The van der Waals surface area contributed by atoms with Crippen molar-refractivity contribution in [2.45, 2.75) is 0 Å². The van der Waals surface area contributed by atoms with Gasteiger partial charge in [-0.3, -0.25) is 0 Å². The number of carbonyl (C=O) groups is 1. The molecule has 1 heterocycles. The lowest BCUT2D eigenvalue weighted by molar-refractivity contribution is 0.262. The lowest BCUT2D eigenvalue weighted by Gasteiger charge is -2.13.